The molecule has 1 nitrogen and oxygen atoms in total. The Labute approximate surface area is 43.0 Å². The van der Waals surface area contributed by atoms with Crippen LogP contribution in [0, 0.1) is 6.42 Å². The molecule has 1 heteroatoms. The predicted molar refractivity (Wildman–Crippen MR) is 27.4 cm³/mol. The molecular formula is C6H7O. The van der Waals surface area contributed by atoms with Crippen molar-refractivity contribution in [3.05, 3.63) is 12.0 Å². The number of rotatable bonds is 0. The minimum Gasteiger partial charge on any atom is -0.234 e. The van der Waals surface area contributed by atoms with Crippen molar-refractivity contribution < 1.29 is 4.79 Å². The van der Waals surface area contributed by atoms with Gasteiger partial charge in [0.2, 0.25) is 0 Å². The molecule has 1 aliphatic rings. The van der Waals surface area contributed by atoms with Crippen molar-refractivity contribution in [3.63, 3.8) is 0 Å². The smallest absolute Gasteiger partial charge is 0.123 e. The molecule has 1 saturated carbocycles. The standard InChI is InChI=1S/C6H7O/c7-5-6-3-1-2-4-6/h3H,1-2,4H2. The van der Waals surface area contributed by atoms with Crippen molar-refractivity contribution in [2.45, 2.75) is 19.3 Å². The van der Waals surface area contributed by atoms with Gasteiger partial charge in [-0.3, -0.25) is 0 Å². The minimum atomic E-state index is 0.861. The largest absolute Gasteiger partial charge is 0.234 e. The van der Waals surface area contributed by atoms with Crippen LogP contribution in [-0.4, -0.2) is 5.94 Å². The topological polar surface area (TPSA) is 17.1 Å². The monoisotopic (exact) mass is 95.0 g/mol. The van der Waals surface area contributed by atoms with Gasteiger partial charge in [-0.1, -0.05) is 0 Å². The van der Waals surface area contributed by atoms with E-state index in [1.54, 1.807) is 0 Å². The first-order chi connectivity index (χ1) is 3.43. The highest BCUT2D eigenvalue weighted by atomic mass is 16.1. The molecule has 0 aromatic rings. The van der Waals surface area contributed by atoms with Gasteiger partial charge < -0.3 is 0 Å². The Morgan fingerprint density at radius 1 is 1.71 bits per heavy atom. The molecule has 0 atom stereocenters. The van der Waals surface area contributed by atoms with Gasteiger partial charge in [-0.2, -0.15) is 0 Å². The zero-order valence-corrected chi connectivity index (χ0v) is 4.11. The van der Waals surface area contributed by atoms with Gasteiger partial charge in [-0.15, -0.1) is 0 Å². The number of hydrogen-bond donors (Lipinski definition) is 0. The van der Waals surface area contributed by atoms with Gasteiger partial charge in [0.05, 0.1) is 0 Å². The van der Waals surface area contributed by atoms with Crippen molar-refractivity contribution in [1.29, 1.82) is 0 Å². The fourth-order valence-corrected chi connectivity index (χ4v) is 0.764. The van der Waals surface area contributed by atoms with Gasteiger partial charge in [0.15, 0.2) is 0 Å². The van der Waals surface area contributed by atoms with Gasteiger partial charge in [-0.05, 0) is 25.7 Å². The van der Waals surface area contributed by atoms with E-state index in [0.717, 1.165) is 24.8 Å². The average Bonchev–Trinajstić information content (AvgIpc) is 2.14. The maximum absolute atomic E-state index is 9.81. The summed E-state index contributed by atoms with van der Waals surface area (Å²) in [5.41, 5.74) is 0.861. The van der Waals surface area contributed by atoms with Crippen molar-refractivity contribution in [2.75, 3.05) is 0 Å². The second kappa shape index (κ2) is 1.94. The Morgan fingerprint density at radius 3 is 2.86 bits per heavy atom. The van der Waals surface area contributed by atoms with Gasteiger partial charge >= 0.3 is 0 Å². The average molecular weight is 95.1 g/mol. The van der Waals surface area contributed by atoms with Crippen molar-refractivity contribution in [2.24, 2.45) is 0 Å². The molecule has 0 heterocycles. The summed E-state index contributed by atoms with van der Waals surface area (Å²) >= 11 is 0. The lowest BCUT2D eigenvalue weighted by molar-refractivity contribution is 0.567. The summed E-state index contributed by atoms with van der Waals surface area (Å²) in [4.78, 5) is 9.81. The third-order valence-corrected chi connectivity index (χ3v) is 1.17. The second-order valence-corrected chi connectivity index (χ2v) is 1.72. The van der Waals surface area contributed by atoms with Gasteiger partial charge in [0.1, 0.15) is 5.94 Å². The highest BCUT2D eigenvalue weighted by molar-refractivity contribution is 5.56. The Kier molecular flexibility index (Phi) is 1.28. The van der Waals surface area contributed by atoms with Gasteiger partial charge in [0.25, 0.3) is 0 Å². The lowest BCUT2D eigenvalue weighted by Gasteiger charge is -1.76. The summed E-state index contributed by atoms with van der Waals surface area (Å²) in [5.74, 6) is 1.88. The Bertz CT molecular complexity index is 101. The molecule has 0 bridgehead atoms. The molecule has 1 radical (unpaired) electrons. The van der Waals surface area contributed by atoms with E-state index in [9.17, 15) is 4.79 Å². The summed E-state index contributed by atoms with van der Waals surface area (Å²) < 4.78 is 0. The molecule has 0 saturated heterocycles. The molecule has 37 valence electrons. The lowest BCUT2D eigenvalue weighted by atomic mass is 10.3. The van der Waals surface area contributed by atoms with Crippen molar-refractivity contribution in [1.82, 2.24) is 0 Å². The summed E-state index contributed by atoms with van der Waals surface area (Å²) in [6.45, 7) is 0. The Morgan fingerprint density at radius 2 is 2.57 bits per heavy atom. The molecule has 0 amide bonds. The number of carbonyl (C=O) groups excluding carboxylic acids is 1. The molecule has 1 fully saturated rings. The summed E-state index contributed by atoms with van der Waals surface area (Å²) in [5, 5.41) is 0. The Balaban J connectivity index is 2.57. The molecule has 0 aromatic heterocycles. The van der Waals surface area contributed by atoms with Crippen LogP contribution in [0.1, 0.15) is 19.3 Å². The SMILES string of the molecule is O=C=C1[CH]CCC1. The normalized spacial score (nSPS) is 19.7. The fourth-order valence-electron chi connectivity index (χ4n) is 0.764. The summed E-state index contributed by atoms with van der Waals surface area (Å²) in [6, 6.07) is 0. The van der Waals surface area contributed by atoms with Crippen LogP contribution >= 0.6 is 0 Å². The first kappa shape index (κ1) is 4.61. The van der Waals surface area contributed by atoms with E-state index in [1.807, 2.05) is 12.4 Å². The van der Waals surface area contributed by atoms with Crippen LogP contribution in [0.25, 0.3) is 0 Å². The predicted octanol–water partition coefficient (Wildman–Crippen LogP) is 1.13. The number of allylic oxidation sites excluding steroid dienone is 1. The van der Waals surface area contributed by atoms with Crippen LogP contribution in [0.2, 0.25) is 0 Å². The fraction of sp³-hybridized carbons (Fsp3) is 0.500. The number of hydrogen-bond acceptors (Lipinski definition) is 1. The zero-order valence-electron chi connectivity index (χ0n) is 4.11. The van der Waals surface area contributed by atoms with Crippen molar-refractivity contribution >= 4 is 5.94 Å². The van der Waals surface area contributed by atoms with Crippen LogP contribution in [0.15, 0.2) is 5.57 Å². The van der Waals surface area contributed by atoms with Crippen LogP contribution < -0.4 is 0 Å². The minimum absolute atomic E-state index is 0.861. The molecule has 1 aliphatic carbocycles. The molecule has 7 heavy (non-hydrogen) atoms. The van der Waals surface area contributed by atoms with Gasteiger partial charge in [0, 0.05) is 5.57 Å². The first-order valence-electron chi connectivity index (χ1n) is 2.50. The highest BCUT2D eigenvalue weighted by Gasteiger charge is 2.05. The van der Waals surface area contributed by atoms with Crippen LogP contribution in [0.4, 0.5) is 0 Å². The van der Waals surface area contributed by atoms with E-state index in [2.05, 4.69) is 0 Å². The van der Waals surface area contributed by atoms with E-state index in [-0.39, 0.29) is 0 Å². The molecule has 0 N–H and O–H groups in total. The second-order valence-electron chi connectivity index (χ2n) is 1.72. The maximum Gasteiger partial charge on any atom is 0.123 e. The van der Waals surface area contributed by atoms with Crippen LogP contribution in [0.3, 0.4) is 0 Å². The first-order valence-corrected chi connectivity index (χ1v) is 2.50. The molecule has 0 unspecified atom stereocenters. The maximum atomic E-state index is 9.81. The van der Waals surface area contributed by atoms with Crippen LogP contribution in [-0.2, 0) is 4.79 Å². The highest BCUT2D eigenvalue weighted by Crippen LogP contribution is 2.19. The molecule has 0 spiro atoms. The molecular weight excluding hydrogens is 88.1 g/mol. The van der Waals surface area contributed by atoms with E-state index in [4.69, 9.17) is 0 Å². The zero-order chi connectivity index (χ0) is 5.11. The quantitative estimate of drug-likeness (QED) is 0.412. The lowest BCUT2D eigenvalue weighted by Crippen LogP contribution is -1.69. The molecule has 1 rings (SSSR count). The van der Waals surface area contributed by atoms with E-state index < -0.39 is 0 Å². The summed E-state index contributed by atoms with van der Waals surface area (Å²) in [7, 11) is 0. The van der Waals surface area contributed by atoms with E-state index in [1.165, 1.54) is 0 Å². The van der Waals surface area contributed by atoms with E-state index >= 15 is 0 Å². The molecule has 0 aromatic carbocycles. The van der Waals surface area contributed by atoms with Crippen LogP contribution in [0.5, 0.6) is 0 Å². The van der Waals surface area contributed by atoms with Gasteiger partial charge in [-0.25, -0.2) is 4.79 Å². The van der Waals surface area contributed by atoms with Crippen molar-refractivity contribution in [3.8, 4) is 0 Å². The molecule has 0 aliphatic heterocycles. The summed E-state index contributed by atoms with van der Waals surface area (Å²) in [6.07, 6.45) is 5.12. The third kappa shape index (κ3) is 0.908. The Hall–Kier alpha value is -0.550. The third-order valence-electron chi connectivity index (χ3n) is 1.17. The van der Waals surface area contributed by atoms with E-state index in [0.29, 0.717) is 0 Å².